The summed E-state index contributed by atoms with van der Waals surface area (Å²) < 4.78 is 51.4. The second-order valence-electron chi connectivity index (χ2n) is 5.55. The zero-order valence-corrected chi connectivity index (χ0v) is 11.4. The van der Waals surface area contributed by atoms with E-state index in [2.05, 4.69) is 5.32 Å². The summed E-state index contributed by atoms with van der Waals surface area (Å²) in [6.45, 7) is 1.85. The fourth-order valence-corrected chi connectivity index (χ4v) is 2.86. The highest BCUT2D eigenvalue weighted by Crippen LogP contribution is 2.38. The van der Waals surface area contributed by atoms with Crippen LogP contribution in [-0.4, -0.2) is 12.2 Å². The van der Waals surface area contributed by atoms with Crippen molar-refractivity contribution in [3.8, 4) is 0 Å². The predicted octanol–water partition coefficient (Wildman–Crippen LogP) is 4.60. The fraction of sp³-hybridized carbons (Fsp3) is 0.600. The Balaban J connectivity index is 1.96. The van der Waals surface area contributed by atoms with Gasteiger partial charge in [-0.2, -0.15) is 13.2 Å². The highest BCUT2D eigenvalue weighted by Gasteiger charge is 2.42. The molecule has 0 aromatic heterocycles. The van der Waals surface area contributed by atoms with E-state index in [1.807, 2.05) is 6.92 Å². The zero-order chi connectivity index (χ0) is 14.8. The first-order valence-electron chi connectivity index (χ1n) is 6.94. The molecule has 2 rings (SSSR count). The number of benzene rings is 1. The van der Waals surface area contributed by atoms with Gasteiger partial charge in [0.15, 0.2) is 0 Å². The van der Waals surface area contributed by atoms with Gasteiger partial charge in [-0.05, 0) is 43.9 Å². The van der Waals surface area contributed by atoms with Crippen molar-refractivity contribution in [1.82, 2.24) is 5.32 Å². The lowest BCUT2D eigenvalue weighted by Gasteiger charge is -2.33. The van der Waals surface area contributed by atoms with E-state index in [9.17, 15) is 17.6 Å². The van der Waals surface area contributed by atoms with E-state index in [1.165, 1.54) is 12.1 Å². The first-order valence-corrected chi connectivity index (χ1v) is 6.94. The largest absolute Gasteiger partial charge is 0.391 e. The van der Waals surface area contributed by atoms with Crippen LogP contribution in [0, 0.1) is 11.7 Å². The third-order valence-electron chi connectivity index (χ3n) is 3.97. The Kier molecular flexibility index (Phi) is 4.68. The van der Waals surface area contributed by atoms with Crippen molar-refractivity contribution in [2.45, 2.75) is 50.9 Å². The molecule has 3 unspecified atom stereocenters. The lowest BCUT2D eigenvalue weighted by atomic mass is 9.85. The van der Waals surface area contributed by atoms with Gasteiger partial charge in [0.2, 0.25) is 0 Å². The lowest BCUT2D eigenvalue weighted by molar-refractivity contribution is -0.183. The monoisotopic (exact) mass is 289 g/mol. The number of nitrogens with one attached hydrogen (secondary N) is 1. The summed E-state index contributed by atoms with van der Waals surface area (Å²) >= 11 is 0. The van der Waals surface area contributed by atoms with Gasteiger partial charge in [0.25, 0.3) is 0 Å². The first kappa shape index (κ1) is 15.3. The average Bonchev–Trinajstić information content (AvgIpc) is 2.38. The van der Waals surface area contributed by atoms with Gasteiger partial charge < -0.3 is 5.32 Å². The third kappa shape index (κ3) is 3.95. The number of hydrogen-bond donors (Lipinski definition) is 1. The summed E-state index contributed by atoms with van der Waals surface area (Å²) in [4.78, 5) is 0. The number of alkyl halides is 3. The normalized spacial score (nSPS) is 25.4. The second kappa shape index (κ2) is 6.12. The minimum atomic E-state index is -4.11. The smallest absolute Gasteiger partial charge is 0.307 e. The SMILES string of the molecule is CC(NC1CCCC(C(F)(F)F)C1)c1cccc(F)c1. The fourth-order valence-electron chi connectivity index (χ4n) is 2.86. The maximum Gasteiger partial charge on any atom is 0.391 e. The summed E-state index contributed by atoms with van der Waals surface area (Å²) in [6.07, 6.45) is -2.45. The molecular formula is C15H19F4N. The van der Waals surface area contributed by atoms with Gasteiger partial charge in [0.05, 0.1) is 5.92 Å². The van der Waals surface area contributed by atoms with Crippen LogP contribution in [0.1, 0.15) is 44.2 Å². The molecule has 0 aliphatic heterocycles. The molecule has 3 atom stereocenters. The van der Waals surface area contributed by atoms with Crippen LogP contribution in [0.3, 0.4) is 0 Å². The van der Waals surface area contributed by atoms with Crippen LogP contribution in [0.2, 0.25) is 0 Å². The van der Waals surface area contributed by atoms with Crippen LogP contribution in [0.15, 0.2) is 24.3 Å². The Bertz CT molecular complexity index is 444. The summed E-state index contributed by atoms with van der Waals surface area (Å²) in [7, 11) is 0. The van der Waals surface area contributed by atoms with Crippen LogP contribution in [0.4, 0.5) is 17.6 Å². The van der Waals surface area contributed by atoms with Gasteiger partial charge in [0.1, 0.15) is 5.82 Å². The highest BCUT2D eigenvalue weighted by molar-refractivity contribution is 5.19. The summed E-state index contributed by atoms with van der Waals surface area (Å²) in [5.74, 6) is -1.54. The molecule has 0 radical (unpaired) electrons. The van der Waals surface area contributed by atoms with Crippen molar-refractivity contribution in [2.24, 2.45) is 5.92 Å². The van der Waals surface area contributed by atoms with Crippen LogP contribution in [-0.2, 0) is 0 Å². The van der Waals surface area contributed by atoms with Crippen molar-refractivity contribution in [3.63, 3.8) is 0 Å². The molecule has 112 valence electrons. The van der Waals surface area contributed by atoms with Crippen molar-refractivity contribution >= 4 is 0 Å². The lowest BCUT2D eigenvalue weighted by Crippen LogP contribution is -2.39. The molecule has 0 amide bonds. The molecule has 0 saturated heterocycles. The third-order valence-corrected chi connectivity index (χ3v) is 3.97. The number of hydrogen-bond acceptors (Lipinski definition) is 1. The number of rotatable bonds is 3. The van der Waals surface area contributed by atoms with Gasteiger partial charge in [-0.15, -0.1) is 0 Å². The highest BCUT2D eigenvalue weighted by atomic mass is 19.4. The zero-order valence-electron chi connectivity index (χ0n) is 11.4. The summed E-state index contributed by atoms with van der Waals surface area (Å²) in [5.41, 5.74) is 0.763. The number of halogens is 4. The molecule has 0 heterocycles. The minimum absolute atomic E-state index is 0.114. The van der Waals surface area contributed by atoms with Crippen LogP contribution >= 0.6 is 0 Å². The first-order chi connectivity index (χ1) is 9.36. The van der Waals surface area contributed by atoms with Gasteiger partial charge >= 0.3 is 6.18 Å². The molecule has 1 nitrogen and oxygen atoms in total. The Hall–Kier alpha value is -1.10. The van der Waals surface area contributed by atoms with Crippen molar-refractivity contribution in [3.05, 3.63) is 35.6 Å². The maximum absolute atomic E-state index is 13.1. The Morgan fingerprint density at radius 2 is 2.00 bits per heavy atom. The Labute approximate surface area is 116 Å². The second-order valence-corrected chi connectivity index (χ2v) is 5.55. The van der Waals surface area contributed by atoms with E-state index >= 15 is 0 Å². The molecule has 1 aromatic rings. The van der Waals surface area contributed by atoms with Crippen molar-refractivity contribution in [2.75, 3.05) is 0 Å². The minimum Gasteiger partial charge on any atom is -0.307 e. The van der Waals surface area contributed by atoms with Crippen LogP contribution < -0.4 is 5.32 Å². The predicted molar refractivity (Wildman–Crippen MR) is 69.8 cm³/mol. The van der Waals surface area contributed by atoms with Crippen molar-refractivity contribution in [1.29, 1.82) is 0 Å². The standard InChI is InChI=1S/C15H19F4N/c1-10(11-4-2-6-13(16)8-11)20-14-7-3-5-12(9-14)15(17,18)19/h2,4,6,8,10,12,14,20H,3,5,7,9H2,1H3. The maximum atomic E-state index is 13.1. The van der Waals surface area contributed by atoms with E-state index in [-0.39, 0.29) is 30.7 Å². The van der Waals surface area contributed by atoms with E-state index in [4.69, 9.17) is 0 Å². The van der Waals surface area contributed by atoms with E-state index in [0.29, 0.717) is 6.42 Å². The molecular weight excluding hydrogens is 270 g/mol. The van der Waals surface area contributed by atoms with Gasteiger partial charge in [0, 0.05) is 12.1 Å². The molecule has 1 aromatic carbocycles. The molecule has 1 saturated carbocycles. The molecule has 0 spiro atoms. The van der Waals surface area contributed by atoms with Crippen LogP contribution in [0.5, 0.6) is 0 Å². The molecule has 1 aliphatic carbocycles. The molecule has 5 heteroatoms. The molecule has 1 fully saturated rings. The Morgan fingerprint density at radius 1 is 1.25 bits per heavy atom. The Morgan fingerprint density at radius 3 is 2.65 bits per heavy atom. The van der Waals surface area contributed by atoms with Gasteiger partial charge in [-0.1, -0.05) is 18.6 Å². The van der Waals surface area contributed by atoms with E-state index in [1.54, 1.807) is 12.1 Å². The average molecular weight is 289 g/mol. The molecule has 20 heavy (non-hydrogen) atoms. The summed E-state index contributed by atoms with van der Waals surface area (Å²) in [5, 5.41) is 3.20. The van der Waals surface area contributed by atoms with Gasteiger partial charge in [-0.25, -0.2) is 4.39 Å². The van der Waals surface area contributed by atoms with Crippen LogP contribution in [0.25, 0.3) is 0 Å². The molecule has 0 bridgehead atoms. The van der Waals surface area contributed by atoms with E-state index in [0.717, 1.165) is 12.0 Å². The molecule has 1 N–H and O–H groups in total. The van der Waals surface area contributed by atoms with Crippen molar-refractivity contribution < 1.29 is 17.6 Å². The topological polar surface area (TPSA) is 12.0 Å². The quantitative estimate of drug-likeness (QED) is 0.802. The molecule has 1 aliphatic rings. The van der Waals surface area contributed by atoms with Gasteiger partial charge in [-0.3, -0.25) is 0 Å². The van der Waals surface area contributed by atoms with E-state index < -0.39 is 12.1 Å². The summed E-state index contributed by atoms with van der Waals surface area (Å²) in [6, 6.07) is 5.86.